The van der Waals surface area contributed by atoms with Gasteiger partial charge in [-0.25, -0.2) is 8.78 Å². The summed E-state index contributed by atoms with van der Waals surface area (Å²) in [5, 5.41) is 2.89. The maximum atomic E-state index is 13.4. The summed E-state index contributed by atoms with van der Waals surface area (Å²) in [5.74, 6) is -0.284. The summed E-state index contributed by atoms with van der Waals surface area (Å²) >= 11 is 0. The van der Waals surface area contributed by atoms with Crippen molar-refractivity contribution in [1.82, 2.24) is 5.32 Å². The number of carbonyl (C=O) groups excluding carboxylic acids is 1. The van der Waals surface area contributed by atoms with Gasteiger partial charge in [-0.05, 0) is 35.9 Å². The Morgan fingerprint density at radius 2 is 1.86 bits per heavy atom. The van der Waals surface area contributed by atoms with E-state index in [-0.39, 0.29) is 30.0 Å². The lowest BCUT2D eigenvalue weighted by molar-refractivity contribution is -0.121. The summed E-state index contributed by atoms with van der Waals surface area (Å²) < 4.78 is 31.7. The van der Waals surface area contributed by atoms with Gasteiger partial charge in [0.25, 0.3) is 0 Å². The van der Waals surface area contributed by atoms with Crippen LogP contribution < -0.4 is 10.1 Å². The number of halogens is 2. The van der Waals surface area contributed by atoms with E-state index in [4.69, 9.17) is 4.74 Å². The average Bonchev–Trinajstić information content (AvgIpc) is 2.50. The minimum absolute atomic E-state index is 0.155. The molecule has 2 aromatic carbocycles. The monoisotopic (exact) mass is 303 g/mol. The molecule has 1 heterocycles. The van der Waals surface area contributed by atoms with Gasteiger partial charge in [0.05, 0.1) is 19.1 Å². The van der Waals surface area contributed by atoms with Crippen molar-refractivity contribution >= 4 is 5.91 Å². The van der Waals surface area contributed by atoms with Gasteiger partial charge in [0.1, 0.15) is 17.4 Å². The maximum absolute atomic E-state index is 13.4. The molecule has 1 amide bonds. The zero-order chi connectivity index (χ0) is 15.5. The quantitative estimate of drug-likeness (QED) is 0.946. The normalized spacial score (nSPS) is 16.5. The van der Waals surface area contributed by atoms with E-state index >= 15 is 0 Å². The molecule has 0 radical (unpaired) electrons. The van der Waals surface area contributed by atoms with Gasteiger partial charge in [-0.3, -0.25) is 4.79 Å². The van der Waals surface area contributed by atoms with Crippen LogP contribution in [0, 0.1) is 11.6 Å². The fourth-order valence-corrected chi connectivity index (χ4v) is 2.55. The molecule has 0 aliphatic carbocycles. The van der Waals surface area contributed by atoms with Crippen LogP contribution in [0.15, 0.2) is 42.5 Å². The third-order valence-corrected chi connectivity index (χ3v) is 3.62. The third kappa shape index (κ3) is 3.24. The van der Waals surface area contributed by atoms with E-state index in [1.807, 2.05) is 0 Å². The predicted molar refractivity (Wildman–Crippen MR) is 77.5 cm³/mol. The molecule has 1 N–H and O–H groups in total. The number of hydrogen-bond donors (Lipinski definition) is 1. The van der Waals surface area contributed by atoms with Crippen LogP contribution in [-0.2, 0) is 11.2 Å². The van der Waals surface area contributed by atoms with Crippen molar-refractivity contribution in [1.29, 1.82) is 0 Å². The molecule has 1 aliphatic heterocycles. The van der Waals surface area contributed by atoms with Crippen molar-refractivity contribution in [3.63, 3.8) is 0 Å². The Morgan fingerprint density at radius 3 is 2.64 bits per heavy atom. The van der Waals surface area contributed by atoms with Crippen molar-refractivity contribution in [2.75, 3.05) is 6.61 Å². The highest BCUT2D eigenvalue weighted by atomic mass is 19.1. The van der Waals surface area contributed by atoms with Gasteiger partial charge in [0.2, 0.25) is 5.91 Å². The van der Waals surface area contributed by atoms with Crippen molar-refractivity contribution in [3.8, 4) is 5.75 Å². The zero-order valence-electron chi connectivity index (χ0n) is 11.8. The Morgan fingerprint density at radius 1 is 1.14 bits per heavy atom. The van der Waals surface area contributed by atoms with E-state index in [0.717, 1.165) is 5.56 Å². The molecule has 0 saturated heterocycles. The molecule has 1 unspecified atom stereocenters. The Balaban J connectivity index is 1.70. The van der Waals surface area contributed by atoms with Gasteiger partial charge >= 0.3 is 0 Å². The van der Waals surface area contributed by atoms with Crippen LogP contribution in [0.2, 0.25) is 0 Å². The van der Waals surface area contributed by atoms with Crippen LogP contribution in [0.25, 0.3) is 0 Å². The van der Waals surface area contributed by atoms with Gasteiger partial charge in [-0.1, -0.05) is 12.1 Å². The number of benzene rings is 2. The molecule has 0 aromatic heterocycles. The highest BCUT2D eigenvalue weighted by Crippen LogP contribution is 2.32. The second-order valence-corrected chi connectivity index (χ2v) is 5.24. The van der Waals surface area contributed by atoms with E-state index in [2.05, 4.69) is 5.32 Å². The number of carbonyl (C=O) groups is 1. The van der Waals surface area contributed by atoms with E-state index in [0.29, 0.717) is 24.3 Å². The minimum atomic E-state index is -0.359. The highest BCUT2D eigenvalue weighted by Gasteiger charge is 2.23. The van der Waals surface area contributed by atoms with E-state index in [1.54, 1.807) is 18.2 Å². The first kappa shape index (κ1) is 14.5. The van der Waals surface area contributed by atoms with Crippen LogP contribution in [0.5, 0.6) is 5.75 Å². The third-order valence-electron chi connectivity index (χ3n) is 3.62. The van der Waals surface area contributed by atoms with Gasteiger partial charge in [0.15, 0.2) is 0 Å². The van der Waals surface area contributed by atoms with Crippen molar-refractivity contribution in [3.05, 3.63) is 65.2 Å². The molecule has 1 aliphatic rings. The molecule has 3 nitrogen and oxygen atoms in total. The molecular weight excluding hydrogens is 288 g/mol. The molecule has 3 rings (SSSR count). The van der Waals surface area contributed by atoms with Crippen LogP contribution in [0.3, 0.4) is 0 Å². The Hall–Kier alpha value is -2.43. The summed E-state index contributed by atoms with van der Waals surface area (Å²) in [6.07, 6.45) is 0.744. The van der Waals surface area contributed by atoms with Crippen LogP contribution in [-0.4, -0.2) is 12.5 Å². The first-order valence-electron chi connectivity index (χ1n) is 7.08. The summed E-state index contributed by atoms with van der Waals surface area (Å²) in [6, 6.07) is 9.82. The Kier molecular flexibility index (Phi) is 4.04. The molecule has 22 heavy (non-hydrogen) atoms. The summed E-state index contributed by atoms with van der Waals surface area (Å²) in [6.45, 7) is 0.472. The molecule has 114 valence electrons. The smallest absolute Gasteiger partial charge is 0.224 e. The second kappa shape index (κ2) is 6.13. The zero-order valence-corrected chi connectivity index (χ0v) is 11.8. The fraction of sp³-hybridized carbons (Fsp3) is 0.235. The summed E-state index contributed by atoms with van der Waals surface area (Å²) in [4.78, 5) is 12.1. The largest absolute Gasteiger partial charge is 0.493 e. The van der Waals surface area contributed by atoms with Crippen molar-refractivity contribution in [2.24, 2.45) is 0 Å². The Labute approximate surface area is 126 Å². The van der Waals surface area contributed by atoms with E-state index in [9.17, 15) is 13.6 Å². The van der Waals surface area contributed by atoms with Crippen molar-refractivity contribution in [2.45, 2.75) is 18.9 Å². The summed E-state index contributed by atoms with van der Waals surface area (Å²) in [7, 11) is 0. The molecule has 1 atom stereocenters. The standard InChI is InChI=1S/C17H15F2NO2/c18-12-3-1-11(2-4-12)9-17(21)20-15-7-8-22-16-6-5-13(19)10-14(15)16/h1-6,10,15H,7-9H2,(H,20,21). The number of fused-ring (bicyclic) bond motifs is 1. The lowest BCUT2D eigenvalue weighted by atomic mass is 10.00. The molecule has 5 heteroatoms. The molecule has 2 aromatic rings. The molecule has 0 bridgehead atoms. The van der Waals surface area contributed by atoms with Gasteiger partial charge in [-0.15, -0.1) is 0 Å². The minimum Gasteiger partial charge on any atom is -0.493 e. The van der Waals surface area contributed by atoms with Crippen LogP contribution >= 0.6 is 0 Å². The first-order chi connectivity index (χ1) is 10.6. The molecular formula is C17H15F2NO2. The number of hydrogen-bond acceptors (Lipinski definition) is 2. The first-order valence-corrected chi connectivity index (χ1v) is 7.08. The number of ether oxygens (including phenoxy) is 1. The van der Waals surface area contributed by atoms with E-state index < -0.39 is 0 Å². The topological polar surface area (TPSA) is 38.3 Å². The second-order valence-electron chi connectivity index (χ2n) is 5.24. The number of nitrogens with one attached hydrogen (secondary N) is 1. The maximum Gasteiger partial charge on any atom is 0.224 e. The van der Waals surface area contributed by atoms with Crippen LogP contribution in [0.4, 0.5) is 8.78 Å². The van der Waals surface area contributed by atoms with Gasteiger partial charge in [-0.2, -0.15) is 0 Å². The molecule has 0 spiro atoms. The summed E-state index contributed by atoms with van der Waals surface area (Å²) in [5.41, 5.74) is 1.38. The SMILES string of the molecule is O=C(Cc1ccc(F)cc1)NC1CCOc2ccc(F)cc21. The van der Waals surface area contributed by atoms with Gasteiger partial charge in [0, 0.05) is 12.0 Å². The molecule has 0 fully saturated rings. The van der Waals surface area contributed by atoms with E-state index in [1.165, 1.54) is 24.3 Å². The molecule has 0 saturated carbocycles. The number of rotatable bonds is 3. The van der Waals surface area contributed by atoms with Crippen LogP contribution in [0.1, 0.15) is 23.6 Å². The fourth-order valence-electron chi connectivity index (χ4n) is 2.55. The van der Waals surface area contributed by atoms with Crippen molar-refractivity contribution < 1.29 is 18.3 Å². The average molecular weight is 303 g/mol. The Bertz CT molecular complexity index is 686. The lowest BCUT2D eigenvalue weighted by Crippen LogP contribution is -2.33. The number of amides is 1. The predicted octanol–water partition coefficient (Wildman–Crippen LogP) is 3.15. The van der Waals surface area contributed by atoms with Gasteiger partial charge < -0.3 is 10.1 Å². The highest BCUT2D eigenvalue weighted by molar-refractivity contribution is 5.79. The lowest BCUT2D eigenvalue weighted by Gasteiger charge is -2.26.